The van der Waals surface area contributed by atoms with E-state index in [2.05, 4.69) is 73.2 Å². The van der Waals surface area contributed by atoms with Crippen molar-refractivity contribution in [3.05, 3.63) is 107 Å². The molecule has 0 saturated heterocycles. The Kier molecular flexibility index (Phi) is 11.3. The summed E-state index contributed by atoms with van der Waals surface area (Å²) in [5, 5.41) is 11.6. The Morgan fingerprint density at radius 2 is 0.900 bits per heavy atom. The molecule has 0 atom stereocenters. The van der Waals surface area contributed by atoms with Gasteiger partial charge in [-0.15, -0.1) is 0 Å². The molecule has 3 rings (SSSR count). The Balaban J connectivity index is 1.42. The number of hydrogen-bond acceptors (Lipinski definition) is 4. The third-order valence-electron chi connectivity index (χ3n) is 5.93. The van der Waals surface area contributed by atoms with Crippen molar-refractivity contribution in [1.82, 2.24) is 10.6 Å². The van der Waals surface area contributed by atoms with Gasteiger partial charge in [0.25, 0.3) is 0 Å². The lowest BCUT2D eigenvalue weighted by atomic mass is 10.0. The van der Waals surface area contributed by atoms with Crippen LogP contribution in [0.3, 0.4) is 0 Å². The third-order valence-corrected chi connectivity index (χ3v) is 6.34. The highest BCUT2D eigenvalue weighted by atomic mass is 32.1. The lowest BCUT2D eigenvalue weighted by molar-refractivity contribution is -0.115. The van der Waals surface area contributed by atoms with E-state index in [9.17, 15) is 9.59 Å². The van der Waals surface area contributed by atoms with Crippen LogP contribution in [0, 0.1) is 0 Å². The van der Waals surface area contributed by atoms with Crippen LogP contribution in [-0.2, 0) is 9.59 Å². The quantitative estimate of drug-likeness (QED) is 0.173. The molecular weight excluding hydrogens is 537 g/mol. The van der Waals surface area contributed by atoms with Crippen molar-refractivity contribution < 1.29 is 9.59 Å². The van der Waals surface area contributed by atoms with Crippen LogP contribution in [0.1, 0.15) is 61.8 Å². The first-order valence-corrected chi connectivity index (χ1v) is 13.8. The van der Waals surface area contributed by atoms with Crippen molar-refractivity contribution in [2.24, 2.45) is 0 Å². The van der Waals surface area contributed by atoms with Gasteiger partial charge < -0.3 is 10.6 Å². The molecule has 6 nitrogen and oxygen atoms in total. The fraction of sp³-hybridized carbons (Fsp3) is 0.188. The van der Waals surface area contributed by atoms with E-state index >= 15 is 0 Å². The maximum atomic E-state index is 12.2. The number of carbonyl (C=O) groups excluding carboxylic acids is 2. The zero-order valence-electron chi connectivity index (χ0n) is 23.0. The minimum atomic E-state index is -0.327. The van der Waals surface area contributed by atoms with E-state index in [0.29, 0.717) is 23.2 Å². The van der Waals surface area contributed by atoms with E-state index in [4.69, 9.17) is 24.4 Å². The van der Waals surface area contributed by atoms with Crippen LogP contribution < -0.4 is 21.3 Å². The van der Waals surface area contributed by atoms with Gasteiger partial charge >= 0.3 is 0 Å². The zero-order valence-corrected chi connectivity index (χ0v) is 24.7. The number of anilines is 2. The molecule has 0 fully saturated rings. The second kappa shape index (κ2) is 14.9. The zero-order chi connectivity index (χ0) is 29.1. The van der Waals surface area contributed by atoms with Crippen molar-refractivity contribution in [3.63, 3.8) is 0 Å². The van der Waals surface area contributed by atoms with Crippen molar-refractivity contribution in [2.75, 3.05) is 10.6 Å². The van der Waals surface area contributed by atoms with Crippen LogP contribution in [0.15, 0.2) is 84.9 Å². The van der Waals surface area contributed by atoms with Gasteiger partial charge in [-0.3, -0.25) is 20.2 Å². The minimum Gasteiger partial charge on any atom is -0.332 e. The first-order chi connectivity index (χ1) is 19.1. The number of rotatable bonds is 8. The van der Waals surface area contributed by atoms with Crippen LogP contribution in [0.2, 0.25) is 0 Å². The molecule has 0 spiro atoms. The molecule has 0 aliphatic carbocycles. The SMILES string of the molecule is CC(C)c1ccc(/C=C/C(=O)NC(=S)Nc2ccc(NC(=S)NC(=O)/C=C/c3ccc(C(C)C)cc3)cc2)cc1. The first-order valence-electron chi connectivity index (χ1n) is 13.0. The molecule has 8 heteroatoms. The molecule has 0 radical (unpaired) electrons. The second-order valence-corrected chi connectivity index (χ2v) is 10.6. The summed E-state index contributed by atoms with van der Waals surface area (Å²) in [7, 11) is 0. The molecule has 40 heavy (non-hydrogen) atoms. The summed E-state index contributed by atoms with van der Waals surface area (Å²) in [6.07, 6.45) is 6.37. The van der Waals surface area contributed by atoms with Crippen LogP contribution in [-0.4, -0.2) is 22.0 Å². The van der Waals surface area contributed by atoms with E-state index in [1.54, 1.807) is 36.4 Å². The fourth-order valence-corrected chi connectivity index (χ4v) is 4.03. The summed E-state index contributed by atoms with van der Waals surface area (Å²) in [6, 6.07) is 23.2. The van der Waals surface area contributed by atoms with Gasteiger partial charge in [-0.05, 0) is 94.9 Å². The molecular formula is C32H34N4O2S2. The summed E-state index contributed by atoms with van der Waals surface area (Å²) in [4.78, 5) is 24.5. The molecule has 0 aliphatic heterocycles. The van der Waals surface area contributed by atoms with Crippen LogP contribution in [0.5, 0.6) is 0 Å². The van der Waals surface area contributed by atoms with Crippen LogP contribution in [0.25, 0.3) is 12.2 Å². The Bertz CT molecular complexity index is 1280. The average Bonchev–Trinajstić information content (AvgIpc) is 2.92. The highest BCUT2D eigenvalue weighted by molar-refractivity contribution is 7.80. The van der Waals surface area contributed by atoms with E-state index in [-0.39, 0.29) is 22.0 Å². The Labute approximate surface area is 247 Å². The molecule has 2 amide bonds. The maximum absolute atomic E-state index is 12.2. The minimum absolute atomic E-state index is 0.180. The predicted molar refractivity (Wildman–Crippen MR) is 174 cm³/mol. The molecule has 0 unspecified atom stereocenters. The highest BCUT2D eigenvalue weighted by Crippen LogP contribution is 2.17. The fourth-order valence-electron chi connectivity index (χ4n) is 3.60. The highest BCUT2D eigenvalue weighted by Gasteiger charge is 2.05. The van der Waals surface area contributed by atoms with E-state index in [0.717, 1.165) is 11.1 Å². The average molecular weight is 571 g/mol. The predicted octanol–water partition coefficient (Wildman–Crippen LogP) is 6.99. The molecule has 0 heterocycles. The lowest BCUT2D eigenvalue weighted by Crippen LogP contribution is -2.33. The first kappa shape index (κ1) is 30.4. The smallest absolute Gasteiger partial charge is 0.250 e. The molecule has 0 aliphatic rings. The van der Waals surface area contributed by atoms with Gasteiger partial charge in [-0.2, -0.15) is 0 Å². The van der Waals surface area contributed by atoms with E-state index in [1.807, 2.05) is 24.3 Å². The van der Waals surface area contributed by atoms with Gasteiger partial charge in [-0.25, -0.2) is 0 Å². The third kappa shape index (κ3) is 10.2. The summed E-state index contributed by atoms with van der Waals surface area (Å²) in [6.45, 7) is 8.55. The molecule has 0 aromatic heterocycles. The normalized spacial score (nSPS) is 11.2. The largest absolute Gasteiger partial charge is 0.332 e. The summed E-state index contributed by atoms with van der Waals surface area (Å²) in [5.74, 6) is 0.259. The monoisotopic (exact) mass is 570 g/mol. The van der Waals surface area contributed by atoms with Crippen molar-refractivity contribution in [3.8, 4) is 0 Å². The van der Waals surface area contributed by atoms with Crippen LogP contribution >= 0.6 is 24.4 Å². The van der Waals surface area contributed by atoms with Crippen LogP contribution in [0.4, 0.5) is 11.4 Å². The van der Waals surface area contributed by atoms with Gasteiger partial charge in [0.1, 0.15) is 0 Å². The van der Waals surface area contributed by atoms with Gasteiger partial charge in [0.2, 0.25) is 11.8 Å². The Morgan fingerprint density at radius 3 is 1.20 bits per heavy atom. The number of carbonyl (C=O) groups is 2. The summed E-state index contributed by atoms with van der Waals surface area (Å²) < 4.78 is 0. The second-order valence-electron chi connectivity index (χ2n) is 9.77. The topological polar surface area (TPSA) is 82.3 Å². The number of hydrogen-bond donors (Lipinski definition) is 4. The lowest BCUT2D eigenvalue weighted by Gasteiger charge is -2.11. The Hall–Kier alpha value is -4.14. The summed E-state index contributed by atoms with van der Waals surface area (Å²) in [5.41, 5.74) is 5.73. The van der Waals surface area contributed by atoms with E-state index < -0.39 is 0 Å². The van der Waals surface area contributed by atoms with Crippen molar-refractivity contribution in [2.45, 2.75) is 39.5 Å². The number of amides is 2. The van der Waals surface area contributed by atoms with Gasteiger partial charge in [0.05, 0.1) is 0 Å². The molecule has 206 valence electrons. The number of thiocarbonyl (C=S) groups is 2. The van der Waals surface area contributed by atoms with Gasteiger partial charge in [0.15, 0.2) is 10.2 Å². The number of nitrogens with one attached hydrogen (secondary N) is 4. The standard InChI is InChI=1S/C32H34N4O2S2/c1-21(2)25-11-5-23(6-12-25)9-19-29(37)35-31(39)33-27-15-17-28(18-16-27)34-32(40)36-30(38)20-10-24-7-13-26(14-8-24)22(3)4/h5-22H,1-4H3,(H2,33,35,37,39)(H2,34,36,38,40)/b19-9+,20-10+. The Morgan fingerprint density at radius 1 is 0.575 bits per heavy atom. The van der Waals surface area contributed by atoms with Crippen molar-refractivity contribution in [1.29, 1.82) is 0 Å². The summed E-state index contributed by atoms with van der Waals surface area (Å²) >= 11 is 10.5. The molecule has 0 bridgehead atoms. The molecule has 0 saturated carbocycles. The molecule has 4 N–H and O–H groups in total. The van der Waals surface area contributed by atoms with Gasteiger partial charge in [0, 0.05) is 23.5 Å². The molecule has 3 aromatic carbocycles. The molecule has 3 aromatic rings. The van der Waals surface area contributed by atoms with E-state index in [1.165, 1.54) is 23.3 Å². The maximum Gasteiger partial charge on any atom is 0.250 e. The van der Waals surface area contributed by atoms with Gasteiger partial charge in [-0.1, -0.05) is 76.2 Å². The van der Waals surface area contributed by atoms with Crippen molar-refractivity contribution >= 4 is 70.0 Å². The number of benzene rings is 3.